The topological polar surface area (TPSA) is 57.5 Å². The van der Waals surface area contributed by atoms with Gasteiger partial charge in [0.15, 0.2) is 5.96 Å². The fourth-order valence-corrected chi connectivity index (χ4v) is 2.79. The van der Waals surface area contributed by atoms with Crippen molar-refractivity contribution in [3.8, 4) is 0 Å². The fraction of sp³-hybridized carbons (Fsp3) is 0.765. The largest absolute Gasteiger partial charge is 0.356 e. The van der Waals surface area contributed by atoms with Crippen molar-refractivity contribution >= 4 is 5.96 Å². The van der Waals surface area contributed by atoms with E-state index in [1.54, 1.807) is 0 Å². The highest BCUT2D eigenvalue weighted by Crippen LogP contribution is 2.13. The zero-order valence-electron chi connectivity index (χ0n) is 15.9. The van der Waals surface area contributed by atoms with E-state index in [9.17, 15) is 0 Å². The molecule has 0 amide bonds. The molecule has 0 atom stereocenters. The number of aryl methyl sites for hydroxylation is 3. The minimum atomic E-state index is 0.199. The second-order valence-corrected chi connectivity index (χ2v) is 7.26. The number of rotatable bonds is 8. The summed E-state index contributed by atoms with van der Waals surface area (Å²) in [6.45, 7) is 12.4. The Morgan fingerprint density at radius 1 is 1.30 bits per heavy atom. The third kappa shape index (κ3) is 7.50. The van der Waals surface area contributed by atoms with Crippen molar-refractivity contribution in [1.82, 2.24) is 25.3 Å². The summed E-state index contributed by atoms with van der Waals surface area (Å²) >= 11 is 0. The summed E-state index contributed by atoms with van der Waals surface area (Å²) < 4.78 is 2.06. The average molecular weight is 323 g/mol. The van der Waals surface area contributed by atoms with E-state index in [0.717, 1.165) is 44.3 Å². The molecule has 2 N–H and O–H groups in total. The molecule has 0 saturated heterocycles. The molecule has 1 heterocycles. The summed E-state index contributed by atoms with van der Waals surface area (Å²) in [5.74, 6) is 0.866. The molecule has 1 aromatic heterocycles. The van der Waals surface area contributed by atoms with Crippen molar-refractivity contribution in [2.75, 3.05) is 40.8 Å². The first kappa shape index (κ1) is 19.5. The van der Waals surface area contributed by atoms with Gasteiger partial charge in [-0.25, -0.2) is 0 Å². The molecule has 0 spiro atoms. The zero-order valence-corrected chi connectivity index (χ0v) is 15.9. The molecule has 1 aromatic rings. The van der Waals surface area contributed by atoms with Gasteiger partial charge in [0.25, 0.3) is 0 Å². The van der Waals surface area contributed by atoms with Gasteiger partial charge in [-0.05, 0) is 45.8 Å². The highest BCUT2D eigenvalue weighted by Gasteiger charge is 2.19. The molecule has 0 radical (unpaired) electrons. The summed E-state index contributed by atoms with van der Waals surface area (Å²) in [6, 6.07) is 2.11. The third-order valence-corrected chi connectivity index (χ3v) is 3.64. The van der Waals surface area contributed by atoms with Crippen molar-refractivity contribution in [3.63, 3.8) is 0 Å². The quantitative estimate of drug-likeness (QED) is 0.434. The minimum absolute atomic E-state index is 0.199. The molecule has 1 rings (SSSR count). The van der Waals surface area contributed by atoms with Gasteiger partial charge < -0.3 is 15.5 Å². The predicted molar refractivity (Wildman–Crippen MR) is 98.0 cm³/mol. The molecule has 0 aromatic carbocycles. The van der Waals surface area contributed by atoms with Crippen LogP contribution in [0.1, 0.15) is 31.7 Å². The van der Waals surface area contributed by atoms with Crippen LogP contribution in [0.3, 0.4) is 0 Å². The Hall–Kier alpha value is -1.56. The zero-order chi connectivity index (χ0) is 17.5. The number of aliphatic imine (C=N–C) groups is 1. The van der Waals surface area contributed by atoms with Crippen LogP contribution in [-0.2, 0) is 6.54 Å². The van der Waals surface area contributed by atoms with Crippen molar-refractivity contribution in [2.24, 2.45) is 10.4 Å². The fourth-order valence-electron chi connectivity index (χ4n) is 2.79. The third-order valence-electron chi connectivity index (χ3n) is 3.64. The minimum Gasteiger partial charge on any atom is -0.356 e. The van der Waals surface area contributed by atoms with Gasteiger partial charge in [0.1, 0.15) is 0 Å². The van der Waals surface area contributed by atoms with Gasteiger partial charge in [-0.2, -0.15) is 5.10 Å². The van der Waals surface area contributed by atoms with E-state index >= 15 is 0 Å². The van der Waals surface area contributed by atoms with Crippen LogP contribution in [0.25, 0.3) is 0 Å². The van der Waals surface area contributed by atoms with Crippen LogP contribution in [-0.4, -0.2) is 61.4 Å². The summed E-state index contributed by atoms with van der Waals surface area (Å²) in [5.41, 5.74) is 2.50. The number of aromatic nitrogens is 2. The molecular weight excluding hydrogens is 288 g/mol. The van der Waals surface area contributed by atoms with Crippen molar-refractivity contribution in [1.29, 1.82) is 0 Å². The molecule has 132 valence electrons. The Kier molecular flexibility index (Phi) is 7.55. The van der Waals surface area contributed by atoms with E-state index in [2.05, 4.69) is 71.2 Å². The SMILES string of the molecule is CN=C(NCCCn1nc(C)cc1C)NCC(C)(C)CN(C)C. The molecule has 23 heavy (non-hydrogen) atoms. The van der Waals surface area contributed by atoms with Gasteiger partial charge in [0.05, 0.1) is 5.69 Å². The molecule has 0 saturated carbocycles. The molecule has 0 aliphatic rings. The van der Waals surface area contributed by atoms with E-state index in [1.807, 2.05) is 14.0 Å². The monoisotopic (exact) mass is 322 g/mol. The number of hydrogen-bond acceptors (Lipinski definition) is 3. The van der Waals surface area contributed by atoms with E-state index in [-0.39, 0.29) is 5.41 Å². The summed E-state index contributed by atoms with van der Waals surface area (Å²) in [6.07, 6.45) is 1.02. The van der Waals surface area contributed by atoms with Crippen LogP contribution in [0.2, 0.25) is 0 Å². The Balaban J connectivity index is 2.30. The second kappa shape index (κ2) is 8.91. The van der Waals surface area contributed by atoms with Crippen LogP contribution in [0, 0.1) is 19.3 Å². The van der Waals surface area contributed by atoms with E-state index < -0.39 is 0 Å². The van der Waals surface area contributed by atoms with Crippen LogP contribution in [0.5, 0.6) is 0 Å². The van der Waals surface area contributed by atoms with Gasteiger partial charge >= 0.3 is 0 Å². The lowest BCUT2D eigenvalue weighted by Gasteiger charge is -2.29. The van der Waals surface area contributed by atoms with Gasteiger partial charge in [-0.1, -0.05) is 13.8 Å². The smallest absolute Gasteiger partial charge is 0.190 e. The lowest BCUT2D eigenvalue weighted by molar-refractivity contribution is 0.241. The molecule has 6 nitrogen and oxygen atoms in total. The first-order valence-electron chi connectivity index (χ1n) is 8.34. The standard InChI is InChI=1S/C17H34N6/c1-14-11-15(2)23(21-14)10-8-9-19-16(18-5)20-12-17(3,4)13-22(6)7/h11H,8-10,12-13H2,1-7H3,(H2,18,19,20). The highest BCUT2D eigenvalue weighted by atomic mass is 15.3. The van der Waals surface area contributed by atoms with Crippen molar-refractivity contribution in [2.45, 2.75) is 40.7 Å². The van der Waals surface area contributed by atoms with E-state index in [0.29, 0.717) is 0 Å². The molecule has 0 aliphatic carbocycles. The summed E-state index contributed by atoms with van der Waals surface area (Å²) in [5, 5.41) is 11.3. The van der Waals surface area contributed by atoms with Crippen LogP contribution in [0.4, 0.5) is 0 Å². The molecule has 0 aliphatic heterocycles. The Bertz CT molecular complexity index is 501. The normalized spacial score (nSPS) is 12.8. The maximum absolute atomic E-state index is 4.48. The molecular formula is C17H34N6. The molecule has 0 unspecified atom stereocenters. The maximum atomic E-state index is 4.48. The number of hydrogen-bond donors (Lipinski definition) is 2. The van der Waals surface area contributed by atoms with E-state index in [4.69, 9.17) is 0 Å². The Morgan fingerprint density at radius 3 is 2.52 bits per heavy atom. The highest BCUT2D eigenvalue weighted by molar-refractivity contribution is 5.79. The Labute approximate surface area is 141 Å². The van der Waals surface area contributed by atoms with Gasteiger partial charge in [-0.15, -0.1) is 0 Å². The van der Waals surface area contributed by atoms with Crippen LogP contribution >= 0.6 is 0 Å². The lowest BCUT2D eigenvalue weighted by atomic mass is 9.93. The van der Waals surface area contributed by atoms with Crippen molar-refractivity contribution in [3.05, 3.63) is 17.5 Å². The van der Waals surface area contributed by atoms with E-state index in [1.165, 1.54) is 5.69 Å². The first-order chi connectivity index (χ1) is 10.7. The molecule has 6 heteroatoms. The van der Waals surface area contributed by atoms with Crippen LogP contribution in [0.15, 0.2) is 11.1 Å². The molecule has 0 fully saturated rings. The lowest BCUT2D eigenvalue weighted by Crippen LogP contribution is -2.45. The number of nitrogens with one attached hydrogen (secondary N) is 2. The van der Waals surface area contributed by atoms with Gasteiger partial charge in [-0.3, -0.25) is 9.67 Å². The van der Waals surface area contributed by atoms with Gasteiger partial charge in [0.2, 0.25) is 0 Å². The van der Waals surface area contributed by atoms with Crippen LogP contribution < -0.4 is 10.6 Å². The maximum Gasteiger partial charge on any atom is 0.190 e. The second-order valence-electron chi connectivity index (χ2n) is 7.26. The molecule has 0 bridgehead atoms. The van der Waals surface area contributed by atoms with Gasteiger partial charge in [0, 0.05) is 38.9 Å². The first-order valence-corrected chi connectivity index (χ1v) is 8.34. The predicted octanol–water partition coefficient (Wildman–Crippen LogP) is 1.64. The summed E-state index contributed by atoms with van der Waals surface area (Å²) in [4.78, 5) is 6.51. The van der Waals surface area contributed by atoms with Crippen molar-refractivity contribution < 1.29 is 0 Å². The Morgan fingerprint density at radius 2 is 2.00 bits per heavy atom. The number of guanidine groups is 1. The summed E-state index contributed by atoms with van der Waals surface area (Å²) in [7, 11) is 6.02. The number of nitrogens with zero attached hydrogens (tertiary/aromatic N) is 4. The average Bonchev–Trinajstić information content (AvgIpc) is 2.74.